The molecule has 0 nitrogen and oxygen atoms in total. The summed E-state index contributed by atoms with van der Waals surface area (Å²) in [5.74, 6) is 0.853. The van der Waals surface area contributed by atoms with Crippen molar-refractivity contribution in [1.29, 1.82) is 0 Å². The molecular formula is C11H22. The summed E-state index contributed by atoms with van der Waals surface area (Å²) in [6.45, 7) is 6.79. The van der Waals surface area contributed by atoms with Gasteiger partial charge in [0.1, 0.15) is 0 Å². The number of allylic oxidation sites excluding steroid dienone is 2. The lowest BCUT2D eigenvalue weighted by atomic mass is 10.1. The van der Waals surface area contributed by atoms with E-state index in [0.29, 0.717) is 0 Å². The Morgan fingerprint density at radius 3 is 2.27 bits per heavy atom. The van der Waals surface area contributed by atoms with Crippen molar-refractivity contribution >= 4 is 0 Å². The van der Waals surface area contributed by atoms with Crippen LogP contribution in [0.4, 0.5) is 0 Å². The van der Waals surface area contributed by atoms with Gasteiger partial charge in [0.15, 0.2) is 0 Å². The van der Waals surface area contributed by atoms with Gasteiger partial charge >= 0.3 is 0 Å². The van der Waals surface area contributed by atoms with E-state index in [1.165, 1.54) is 32.1 Å². The molecule has 0 aliphatic heterocycles. The highest BCUT2D eigenvalue weighted by Crippen LogP contribution is 2.04. The van der Waals surface area contributed by atoms with Crippen LogP contribution in [0.5, 0.6) is 0 Å². The molecule has 0 radical (unpaired) electrons. The molecule has 0 unspecified atom stereocenters. The molecule has 0 saturated carbocycles. The van der Waals surface area contributed by atoms with Gasteiger partial charge in [-0.2, -0.15) is 0 Å². The second kappa shape index (κ2) is 7.84. The molecule has 0 spiro atoms. The van der Waals surface area contributed by atoms with Gasteiger partial charge in [-0.1, -0.05) is 45.8 Å². The first kappa shape index (κ1) is 10.7. The van der Waals surface area contributed by atoms with E-state index in [4.69, 9.17) is 0 Å². The molecule has 0 rings (SSSR count). The van der Waals surface area contributed by atoms with E-state index < -0.39 is 0 Å². The minimum Gasteiger partial charge on any atom is -0.0885 e. The topological polar surface area (TPSA) is 0 Å². The fourth-order valence-electron chi connectivity index (χ4n) is 0.987. The average Bonchev–Trinajstić information content (AvgIpc) is 1.96. The minimum absolute atomic E-state index is 0.853. The third kappa shape index (κ3) is 9.74. The van der Waals surface area contributed by atoms with Gasteiger partial charge in [-0.15, -0.1) is 0 Å². The SMILES string of the molecule is CCCCC=CCCC(C)C. The van der Waals surface area contributed by atoms with Crippen LogP contribution >= 0.6 is 0 Å². The second-order valence-electron chi connectivity index (χ2n) is 3.58. The van der Waals surface area contributed by atoms with E-state index in [1.54, 1.807) is 0 Å². The first-order valence-electron chi connectivity index (χ1n) is 4.92. The van der Waals surface area contributed by atoms with Crippen molar-refractivity contribution in [2.24, 2.45) is 5.92 Å². The summed E-state index contributed by atoms with van der Waals surface area (Å²) in [6, 6.07) is 0. The highest BCUT2D eigenvalue weighted by molar-refractivity contribution is 4.81. The van der Waals surface area contributed by atoms with Crippen molar-refractivity contribution in [2.75, 3.05) is 0 Å². The molecule has 11 heavy (non-hydrogen) atoms. The zero-order valence-electron chi connectivity index (χ0n) is 8.27. The highest BCUT2D eigenvalue weighted by Gasteiger charge is 1.88. The van der Waals surface area contributed by atoms with Gasteiger partial charge in [0.25, 0.3) is 0 Å². The van der Waals surface area contributed by atoms with Crippen LogP contribution in [-0.2, 0) is 0 Å². The third-order valence-corrected chi connectivity index (χ3v) is 1.80. The molecule has 0 aliphatic carbocycles. The van der Waals surface area contributed by atoms with Gasteiger partial charge in [0, 0.05) is 0 Å². The normalized spacial score (nSPS) is 11.6. The molecule has 0 aromatic rings. The van der Waals surface area contributed by atoms with Gasteiger partial charge in [0.05, 0.1) is 0 Å². The lowest BCUT2D eigenvalue weighted by Crippen LogP contribution is -1.83. The van der Waals surface area contributed by atoms with E-state index >= 15 is 0 Å². The molecule has 0 amide bonds. The van der Waals surface area contributed by atoms with Gasteiger partial charge in [0.2, 0.25) is 0 Å². The predicted octanol–water partition coefficient (Wildman–Crippen LogP) is 4.17. The van der Waals surface area contributed by atoms with Crippen molar-refractivity contribution in [3.8, 4) is 0 Å². The quantitative estimate of drug-likeness (QED) is 0.398. The molecule has 0 fully saturated rings. The average molecular weight is 154 g/mol. The molecule has 0 aromatic carbocycles. The molecule has 0 heteroatoms. The molecule has 0 heterocycles. The monoisotopic (exact) mass is 154 g/mol. The second-order valence-corrected chi connectivity index (χ2v) is 3.58. The summed E-state index contributed by atoms with van der Waals surface area (Å²) in [5, 5.41) is 0. The van der Waals surface area contributed by atoms with Crippen molar-refractivity contribution in [3.05, 3.63) is 12.2 Å². The lowest BCUT2D eigenvalue weighted by molar-refractivity contribution is 0.593. The van der Waals surface area contributed by atoms with Crippen LogP contribution in [-0.4, -0.2) is 0 Å². The predicted molar refractivity (Wildman–Crippen MR) is 52.7 cm³/mol. The molecular weight excluding hydrogens is 132 g/mol. The van der Waals surface area contributed by atoms with Gasteiger partial charge in [-0.3, -0.25) is 0 Å². The molecule has 0 aromatic heterocycles. The lowest BCUT2D eigenvalue weighted by Gasteiger charge is -1.98. The Morgan fingerprint density at radius 2 is 1.73 bits per heavy atom. The minimum atomic E-state index is 0.853. The summed E-state index contributed by atoms with van der Waals surface area (Å²) in [4.78, 5) is 0. The molecule has 0 atom stereocenters. The Morgan fingerprint density at radius 1 is 1.09 bits per heavy atom. The van der Waals surface area contributed by atoms with Crippen molar-refractivity contribution in [3.63, 3.8) is 0 Å². The van der Waals surface area contributed by atoms with E-state index in [1.807, 2.05) is 0 Å². The maximum absolute atomic E-state index is 2.33. The van der Waals surface area contributed by atoms with Crippen LogP contribution in [0.1, 0.15) is 52.9 Å². The highest BCUT2D eigenvalue weighted by atomic mass is 13.9. The Bertz CT molecular complexity index is 90.2. The molecule has 0 saturated heterocycles. The number of rotatable bonds is 6. The van der Waals surface area contributed by atoms with E-state index in [9.17, 15) is 0 Å². The maximum atomic E-state index is 2.33. The van der Waals surface area contributed by atoms with Crippen molar-refractivity contribution < 1.29 is 0 Å². The smallest absolute Gasteiger partial charge is 0.0348 e. The van der Waals surface area contributed by atoms with Crippen molar-refractivity contribution in [1.82, 2.24) is 0 Å². The van der Waals surface area contributed by atoms with Crippen LogP contribution < -0.4 is 0 Å². The van der Waals surface area contributed by atoms with Gasteiger partial charge in [-0.25, -0.2) is 0 Å². The first-order valence-corrected chi connectivity index (χ1v) is 4.92. The van der Waals surface area contributed by atoms with Crippen molar-refractivity contribution in [2.45, 2.75) is 52.9 Å². The van der Waals surface area contributed by atoms with E-state index in [0.717, 1.165) is 5.92 Å². The largest absolute Gasteiger partial charge is 0.0885 e. The Hall–Kier alpha value is -0.260. The summed E-state index contributed by atoms with van der Waals surface area (Å²) in [7, 11) is 0. The summed E-state index contributed by atoms with van der Waals surface area (Å²) < 4.78 is 0. The Labute approximate surface area is 71.7 Å². The van der Waals surface area contributed by atoms with Gasteiger partial charge < -0.3 is 0 Å². The van der Waals surface area contributed by atoms with Gasteiger partial charge in [-0.05, 0) is 25.2 Å². The summed E-state index contributed by atoms with van der Waals surface area (Å²) in [5.41, 5.74) is 0. The fourth-order valence-corrected chi connectivity index (χ4v) is 0.987. The molecule has 0 bridgehead atoms. The fraction of sp³-hybridized carbons (Fsp3) is 0.818. The zero-order chi connectivity index (χ0) is 8.53. The molecule has 0 N–H and O–H groups in total. The standard InChI is InChI=1S/C11H22/c1-4-5-6-7-8-9-10-11(2)3/h7-8,11H,4-6,9-10H2,1-3H3. The third-order valence-electron chi connectivity index (χ3n) is 1.80. The van der Waals surface area contributed by atoms with E-state index in [2.05, 4.69) is 32.9 Å². The maximum Gasteiger partial charge on any atom is -0.0348 e. The van der Waals surface area contributed by atoms with Crippen LogP contribution in [0, 0.1) is 5.92 Å². The number of hydrogen-bond acceptors (Lipinski definition) is 0. The number of hydrogen-bond donors (Lipinski definition) is 0. The van der Waals surface area contributed by atoms with E-state index in [-0.39, 0.29) is 0 Å². The Kier molecular flexibility index (Phi) is 7.66. The van der Waals surface area contributed by atoms with Crippen LogP contribution in [0.25, 0.3) is 0 Å². The van der Waals surface area contributed by atoms with Crippen LogP contribution in [0.2, 0.25) is 0 Å². The first-order chi connectivity index (χ1) is 5.27. The zero-order valence-corrected chi connectivity index (χ0v) is 8.27. The van der Waals surface area contributed by atoms with Crippen LogP contribution in [0.3, 0.4) is 0 Å². The Balaban J connectivity index is 3.03. The summed E-state index contributed by atoms with van der Waals surface area (Å²) >= 11 is 0. The van der Waals surface area contributed by atoms with Crippen LogP contribution in [0.15, 0.2) is 12.2 Å². The molecule has 0 aliphatic rings. The summed E-state index contributed by atoms with van der Waals surface area (Å²) in [6.07, 6.45) is 11.2. The number of unbranched alkanes of at least 4 members (excludes halogenated alkanes) is 2. The molecule has 66 valence electrons.